The molecule has 2 aliphatic carbocycles. The first-order chi connectivity index (χ1) is 16.5. The Bertz CT molecular complexity index is 882. The van der Waals surface area contributed by atoms with E-state index >= 15 is 0 Å². The van der Waals surface area contributed by atoms with Crippen molar-refractivity contribution in [3.63, 3.8) is 0 Å². The second-order valence-electron chi connectivity index (χ2n) is 10.2. The number of carbonyl (C=O) groups is 3. The van der Waals surface area contributed by atoms with Crippen LogP contribution in [0.2, 0.25) is 0 Å². The highest BCUT2D eigenvalue weighted by Crippen LogP contribution is 2.32. The molecule has 3 amide bonds. The van der Waals surface area contributed by atoms with Crippen molar-refractivity contribution < 1.29 is 14.4 Å². The van der Waals surface area contributed by atoms with E-state index in [9.17, 15) is 14.4 Å². The molecule has 7 nitrogen and oxygen atoms in total. The van der Waals surface area contributed by atoms with Crippen LogP contribution in [0, 0.1) is 5.92 Å². The molecule has 34 heavy (non-hydrogen) atoms. The zero-order chi connectivity index (χ0) is 24.1. The number of nitrogens with zero attached hydrogens (tertiary/aromatic N) is 1. The molecule has 0 spiro atoms. The van der Waals surface area contributed by atoms with Crippen LogP contribution in [0.5, 0.6) is 0 Å². The second kappa shape index (κ2) is 11.3. The Morgan fingerprint density at radius 3 is 2.50 bits per heavy atom. The molecule has 3 aliphatic rings. The lowest BCUT2D eigenvalue weighted by Gasteiger charge is -2.35. The molecule has 0 bridgehead atoms. The number of fused-ring (bicyclic) bond motifs is 1. The van der Waals surface area contributed by atoms with Gasteiger partial charge in [0.25, 0.3) is 0 Å². The first kappa shape index (κ1) is 24.7. The number of likely N-dealkylation sites (N-methyl/N-ethyl adjacent to an activating group) is 1. The SMILES string of the molecule is CN[C@@H](C)C(=O)N[C@H](C(=O)N1CCC[C@H]1C(=O)N[C@H]1CCCc2ccccc21)C1CCCCC1. The van der Waals surface area contributed by atoms with E-state index in [1.54, 1.807) is 18.9 Å². The van der Waals surface area contributed by atoms with Crippen molar-refractivity contribution in [2.75, 3.05) is 13.6 Å². The van der Waals surface area contributed by atoms with Crippen LogP contribution in [0.4, 0.5) is 0 Å². The molecule has 3 N–H and O–H groups in total. The minimum Gasteiger partial charge on any atom is -0.347 e. The fourth-order valence-electron chi connectivity index (χ4n) is 5.91. The number of hydrogen-bond donors (Lipinski definition) is 3. The number of hydrogen-bond acceptors (Lipinski definition) is 4. The summed E-state index contributed by atoms with van der Waals surface area (Å²) in [6.45, 7) is 2.37. The molecule has 2 fully saturated rings. The number of rotatable bonds is 7. The Labute approximate surface area is 203 Å². The molecule has 186 valence electrons. The maximum Gasteiger partial charge on any atom is 0.246 e. The molecule has 0 radical (unpaired) electrons. The van der Waals surface area contributed by atoms with Crippen molar-refractivity contribution in [1.82, 2.24) is 20.9 Å². The van der Waals surface area contributed by atoms with E-state index in [2.05, 4.69) is 34.1 Å². The van der Waals surface area contributed by atoms with Crippen molar-refractivity contribution >= 4 is 17.7 Å². The van der Waals surface area contributed by atoms with E-state index in [-0.39, 0.29) is 35.7 Å². The number of aryl methyl sites for hydroxylation is 1. The Morgan fingerprint density at radius 2 is 1.74 bits per heavy atom. The van der Waals surface area contributed by atoms with E-state index in [1.165, 1.54) is 17.5 Å². The van der Waals surface area contributed by atoms with Gasteiger partial charge in [-0.2, -0.15) is 0 Å². The first-order valence-corrected chi connectivity index (χ1v) is 13.2. The highest BCUT2D eigenvalue weighted by Gasteiger charge is 2.41. The lowest BCUT2D eigenvalue weighted by atomic mass is 9.83. The summed E-state index contributed by atoms with van der Waals surface area (Å²) in [5.41, 5.74) is 2.50. The third-order valence-electron chi connectivity index (χ3n) is 8.04. The minimum absolute atomic E-state index is 0.000300. The van der Waals surface area contributed by atoms with Crippen LogP contribution >= 0.6 is 0 Å². The minimum atomic E-state index is -0.563. The maximum absolute atomic E-state index is 13.8. The highest BCUT2D eigenvalue weighted by atomic mass is 16.2. The van der Waals surface area contributed by atoms with Crippen LogP contribution in [-0.4, -0.2) is 54.3 Å². The van der Waals surface area contributed by atoms with Gasteiger partial charge in [0.05, 0.1) is 12.1 Å². The number of amides is 3. The average molecular weight is 469 g/mol. The standard InChI is InChI=1S/C27H40N4O3/c1-18(28-2)25(32)30-24(20-11-4-3-5-12-20)27(34)31-17-9-16-23(31)26(33)29-22-15-8-13-19-10-6-7-14-21(19)22/h6-7,10,14,18,20,22-24,28H,3-5,8-9,11-13,15-17H2,1-2H3,(H,29,33)(H,30,32)/t18-,22-,23-,24-/m0/s1. The van der Waals surface area contributed by atoms with Crippen molar-refractivity contribution in [1.29, 1.82) is 0 Å². The molecular formula is C27H40N4O3. The van der Waals surface area contributed by atoms with Crippen LogP contribution in [0.1, 0.15) is 81.9 Å². The lowest BCUT2D eigenvalue weighted by molar-refractivity contribution is -0.143. The van der Waals surface area contributed by atoms with Gasteiger partial charge in [0.15, 0.2) is 0 Å². The van der Waals surface area contributed by atoms with Gasteiger partial charge in [-0.05, 0) is 76.0 Å². The van der Waals surface area contributed by atoms with E-state index < -0.39 is 12.1 Å². The summed E-state index contributed by atoms with van der Waals surface area (Å²) in [5.74, 6) is -0.190. The molecule has 1 aliphatic heterocycles. The smallest absolute Gasteiger partial charge is 0.246 e. The highest BCUT2D eigenvalue weighted by molar-refractivity contribution is 5.93. The molecule has 1 saturated carbocycles. The van der Waals surface area contributed by atoms with Crippen LogP contribution in [0.25, 0.3) is 0 Å². The van der Waals surface area contributed by atoms with E-state index in [4.69, 9.17) is 0 Å². The third kappa shape index (κ3) is 5.45. The lowest BCUT2D eigenvalue weighted by Crippen LogP contribution is -2.58. The number of benzene rings is 1. The molecule has 4 atom stereocenters. The maximum atomic E-state index is 13.8. The Morgan fingerprint density at radius 1 is 0.971 bits per heavy atom. The van der Waals surface area contributed by atoms with Gasteiger partial charge in [0.1, 0.15) is 12.1 Å². The van der Waals surface area contributed by atoms with Gasteiger partial charge >= 0.3 is 0 Å². The first-order valence-electron chi connectivity index (χ1n) is 13.2. The normalized spacial score (nSPS) is 24.7. The number of nitrogens with one attached hydrogen (secondary N) is 3. The van der Waals surface area contributed by atoms with Crippen molar-refractivity contribution in [3.05, 3.63) is 35.4 Å². The summed E-state index contributed by atoms with van der Waals surface area (Å²) in [5, 5.41) is 9.26. The number of carbonyl (C=O) groups excluding carboxylic acids is 3. The van der Waals surface area contributed by atoms with Crippen LogP contribution in [0.15, 0.2) is 24.3 Å². The van der Waals surface area contributed by atoms with Crippen LogP contribution in [-0.2, 0) is 20.8 Å². The molecule has 1 aromatic rings. The van der Waals surface area contributed by atoms with Gasteiger partial charge in [-0.1, -0.05) is 43.5 Å². The molecule has 4 rings (SSSR count). The average Bonchev–Trinajstić information content (AvgIpc) is 3.37. The summed E-state index contributed by atoms with van der Waals surface area (Å²) in [6.07, 6.45) is 9.71. The fraction of sp³-hybridized carbons (Fsp3) is 0.667. The summed E-state index contributed by atoms with van der Waals surface area (Å²) < 4.78 is 0. The van der Waals surface area contributed by atoms with Crippen LogP contribution in [0.3, 0.4) is 0 Å². The van der Waals surface area contributed by atoms with E-state index in [0.717, 1.165) is 51.4 Å². The van der Waals surface area contributed by atoms with Gasteiger partial charge in [-0.3, -0.25) is 14.4 Å². The van der Waals surface area contributed by atoms with Crippen molar-refractivity contribution in [2.45, 2.75) is 95.3 Å². The Balaban J connectivity index is 1.48. The largest absolute Gasteiger partial charge is 0.347 e. The molecule has 0 unspecified atom stereocenters. The summed E-state index contributed by atoms with van der Waals surface area (Å²) in [6, 6.07) is 6.92. The molecule has 1 heterocycles. The van der Waals surface area contributed by atoms with E-state index in [1.807, 2.05) is 6.07 Å². The second-order valence-corrected chi connectivity index (χ2v) is 10.2. The molecule has 1 saturated heterocycles. The van der Waals surface area contributed by atoms with Gasteiger partial charge in [0.2, 0.25) is 17.7 Å². The fourth-order valence-corrected chi connectivity index (χ4v) is 5.91. The van der Waals surface area contributed by atoms with Crippen molar-refractivity contribution in [3.8, 4) is 0 Å². The summed E-state index contributed by atoms with van der Waals surface area (Å²) >= 11 is 0. The monoisotopic (exact) mass is 468 g/mol. The number of likely N-dealkylation sites (tertiary alicyclic amines) is 1. The summed E-state index contributed by atoms with van der Waals surface area (Å²) in [7, 11) is 1.74. The predicted octanol–water partition coefficient (Wildman–Crippen LogP) is 2.84. The zero-order valence-electron chi connectivity index (χ0n) is 20.6. The summed E-state index contributed by atoms with van der Waals surface area (Å²) in [4.78, 5) is 41.7. The quantitative estimate of drug-likeness (QED) is 0.574. The Hall–Kier alpha value is -2.41. The zero-order valence-corrected chi connectivity index (χ0v) is 20.6. The van der Waals surface area contributed by atoms with Gasteiger partial charge in [0, 0.05) is 6.54 Å². The van der Waals surface area contributed by atoms with Gasteiger partial charge in [-0.15, -0.1) is 0 Å². The van der Waals surface area contributed by atoms with Gasteiger partial charge in [-0.25, -0.2) is 0 Å². The molecule has 7 heteroatoms. The van der Waals surface area contributed by atoms with Crippen molar-refractivity contribution in [2.24, 2.45) is 5.92 Å². The third-order valence-corrected chi connectivity index (χ3v) is 8.04. The van der Waals surface area contributed by atoms with Crippen LogP contribution < -0.4 is 16.0 Å². The predicted molar refractivity (Wildman–Crippen MR) is 132 cm³/mol. The van der Waals surface area contributed by atoms with Gasteiger partial charge < -0.3 is 20.9 Å². The molecular weight excluding hydrogens is 428 g/mol. The molecule has 1 aromatic carbocycles. The molecule has 0 aromatic heterocycles. The Kier molecular flexibility index (Phi) is 8.24. The topological polar surface area (TPSA) is 90.5 Å². The van der Waals surface area contributed by atoms with E-state index in [0.29, 0.717) is 13.0 Å².